The molecule has 0 radical (unpaired) electrons. The highest BCUT2D eigenvalue weighted by atomic mass is 32.2. The summed E-state index contributed by atoms with van der Waals surface area (Å²) in [5.41, 5.74) is 3.24. The number of carboxylic acids is 1. The zero-order valence-electron chi connectivity index (χ0n) is 33.0. The summed E-state index contributed by atoms with van der Waals surface area (Å²) in [6.07, 6.45) is 2.01. The molecule has 5 aromatic rings. The largest absolute Gasteiger partial charge is 0.480 e. The first-order valence-electron chi connectivity index (χ1n) is 19.7. The van der Waals surface area contributed by atoms with Crippen molar-refractivity contribution in [3.8, 4) is 0 Å². The number of primary sulfonamides is 1. The molecule has 0 saturated carbocycles. The van der Waals surface area contributed by atoms with Gasteiger partial charge in [-0.05, 0) is 83.1 Å². The number of amides is 3. The third kappa shape index (κ3) is 14.6. The van der Waals surface area contributed by atoms with Crippen LogP contribution in [0.25, 0.3) is 10.8 Å². The highest BCUT2D eigenvalue weighted by Gasteiger charge is 2.30. The molecule has 0 aliphatic carbocycles. The molecule has 0 aliphatic rings. The number of carboxylic acid groups (broad SMARTS) is 1. The first-order valence-corrected chi connectivity index (χ1v) is 21.6. The van der Waals surface area contributed by atoms with E-state index < -0.39 is 45.9 Å². The van der Waals surface area contributed by atoms with Crippen LogP contribution >= 0.6 is 12.2 Å². The Labute approximate surface area is 355 Å². The number of nitrogens with one attached hydrogen (secondary N) is 5. The van der Waals surface area contributed by atoms with Crippen molar-refractivity contribution in [3.05, 3.63) is 150 Å². The van der Waals surface area contributed by atoms with Gasteiger partial charge in [0, 0.05) is 25.9 Å². The van der Waals surface area contributed by atoms with Gasteiger partial charge in [0.15, 0.2) is 5.11 Å². The van der Waals surface area contributed by atoms with E-state index in [1.807, 2.05) is 103 Å². The van der Waals surface area contributed by atoms with E-state index >= 15 is 0 Å². The van der Waals surface area contributed by atoms with E-state index in [-0.39, 0.29) is 36.5 Å². The van der Waals surface area contributed by atoms with Crippen molar-refractivity contribution in [1.29, 1.82) is 0 Å². The Morgan fingerprint density at radius 1 is 0.600 bits per heavy atom. The molecule has 8 N–H and O–H groups in total. The lowest BCUT2D eigenvalue weighted by Crippen LogP contribution is -2.57. The molecule has 5 rings (SSSR count). The van der Waals surface area contributed by atoms with E-state index in [9.17, 15) is 32.7 Å². The van der Waals surface area contributed by atoms with E-state index in [2.05, 4.69) is 26.6 Å². The van der Waals surface area contributed by atoms with Gasteiger partial charge in [0.05, 0.1) is 11.3 Å². The number of fused-ring (bicyclic) bond motifs is 1. The Hall–Kier alpha value is -6.16. The lowest BCUT2D eigenvalue weighted by Gasteiger charge is -2.25. The Morgan fingerprint density at radius 2 is 1.13 bits per heavy atom. The highest BCUT2D eigenvalue weighted by Crippen LogP contribution is 2.17. The van der Waals surface area contributed by atoms with Crippen molar-refractivity contribution in [2.24, 2.45) is 5.14 Å². The van der Waals surface area contributed by atoms with Crippen LogP contribution in [0.5, 0.6) is 0 Å². The zero-order chi connectivity index (χ0) is 42.9. The maximum Gasteiger partial charge on any atom is 0.326 e. The molecule has 0 heterocycles. The van der Waals surface area contributed by atoms with Crippen LogP contribution in [0.15, 0.2) is 132 Å². The SMILES string of the molecule is NS(=O)(=O)c1ccc(CCNC(=S)NCCCC[C@@H](NC(=O)[C@@H](Cc2ccccc2)NC(=O)[C@@H](Cc2ccccc2)NC(=O)Cc2ccc3ccccc3c2)C(=O)O)cc1. The fourth-order valence-corrected chi connectivity index (χ4v) is 7.32. The molecule has 0 fully saturated rings. The van der Waals surface area contributed by atoms with Crippen LogP contribution < -0.4 is 31.7 Å². The molecule has 0 aromatic heterocycles. The van der Waals surface area contributed by atoms with Crippen molar-refractivity contribution >= 4 is 61.8 Å². The molecule has 5 aromatic carbocycles. The first-order chi connectivity index (χ1) is 28.8. The van der Waals surface area contributed by atoms with Crippen LogP contribution in [-0.2, 0) is 54.9 Å². The number of unbranched alkanes of at least 4 members (excludes halogenated alkanes) is 1. The van der Waals surface area contributed by atoms with E-state index in [4.69, 9.17) is 17.4 Å². The van der Waals surface area contributed by atoms with Crippen molar-refractivity contribution < 1.29 is 32.7 Å². The number of hydrogen-bond donors (Lipinski definition) is 7. The maximum absolute atomic E-state index is 14.0. The molecule has 60 heavy (non-hydrogen) atoms. The lowest BCUT2D eigenvalue weighted by atomic mass is 10.0. The van der Waals surface area contributed by atoms with Crippen molar-refractivity contribution in [1.82, 2.24) is 26.6 Å². The first kappa shape index (κ1) is 44.9. The minimum atomic E-state index is -3.76. The average Bonchev–Trinajstić information content (AvgIpc) is 3.23. The Kier molecular flexibility index (Phi) is 16.7. The fourth-order valence-electron chi connectivity index (χ4n) is 6.60. The van der Waals surface area contributed by atoms with E-state index in [0.29, 0.717) is 37.5 Å². The van der Waals surface area contributed by atoms with Crippen molar-refractivity contribution in [2.45, 2.75) is 68.0 Å². The van der Waals surface area contributed by atoms with Crippen molar-refractivity contribution in [3.63, 3.8) is 0 Å². The number of hydrogen-bond acceptors (Lipinski definition) is 7. The van der Waals surface area contributed by atoms with E-state index in [1.165, 1.54) is 12.1 Å². The molecule has 0 aliphatic heterocycles. The maximum atomic E-state index is 14.0. The molecule has 0 spiro atoms. The molecule has 13 nitrogen and oxygen atoms in total. The number of carbonyl (C=O) groups excluding carboxylic acids is 3. The second-order valence-electron chi connectivity index (χ2n) is 14.4. The van der Waals surface area contributed by atoms with Gasteiger partial charge in [-0.1, -0.05) is 115 Å². The second-order valence-corrected chi connectivity index (χ2v) is 16.4. The highest BCUT2D eigenvalue weighted by molar-refractivity contribution is 7.89. The molecule has 3 amide bonds. The second kappa shape index (κ2) is 22.3. The summed E-state index contributed by atoms with van der Waals surface area (Å²) >= 11 is 5.35. The molecular formula is C45H50N6O7S2. The smallest absolute Gasteiger partial charge is 0.326 e. The third-order valence-electron chi connectivity index (χ3n) is 9.80. The predicted octanol–water partition coefficient (Wildman–Crippen LogP) is 3.93. The molecule has 0 bridgehead atoms. The minimum Gasteiger partial charge on any atom is -0.480 e. The summed E-state index contributed by atoms with van der Waals surface area (Å²) in [6, 6.07) is 34.8. The average molecular weight is 851 g/mol. The number of carbonyl (C=O) groups is 4. The summed E-state index contributed by atoms with van der Waals surface area (Å²) in [5.74, 6) is -2.82. The quantitative estimate of drug-likeness (QED) is 0.0418. The van der Waals surface area contributed by atoms with Crippen LogP contribution in [0, 0.1) is 0 Å². The molecule has 15 heteroatoms. The number of benzene rings is 5. The number of aliphatic carboxylic acids is 1. The summed E-state index contributed by atoms with van der Waals surface area (Å²) in [5, 5.41) is 32.2. The normalized spacial score (nSPS) is 12.7. The van der Waals surface area contributed by atoms with E-state index in [0.717, 1.165) is 33.0 Å². The van der Waals surface area contributed by atoms with Crippen LogP contribution in [0.4, 0.5) is 0 Å². The van der Waals surface area contributed by atoms with Gasteiger partial charge in [-0.3, -0.25) is 14.4 Å². The van der Waals surface area contributed by atoms with E-state index in [1.54, 1.807) is 12.1 Å². The third-order valence-corrected chi connectivity index (χ3v) is 11.0. The Balaban J connectivity index is 1.16. The molecular weight excluding hydrogens is 801 g/mol. The van der Waals surface area contributed by atoms with Gasteiger partial charge in [0.2, 0.25) is 27.7 Å². The summed E-state index contributed by atoms with van der Waals surface area (Å²) in [6.45, 7) is 0.955. The van der Waals surface area contributed by atoms with Gasteiger partial charge >= 0.3 is 5.97 Å². The number of thiocarbonyl (C=S) groups is 1. The van der Waals surface area contributed by atoms with Gasteiger partial charge in [-0.25, -0.2) is 18.4 Å². The standard InChI is InChI=1S/C45H50N6O7S2/c46-60(57,58)37-22-19-31(20-23-37)24-26-48-45(59)47-25-10-9-17-38(44(55)56)50-43(54)40(29-33-13-5-2-6-14-33)51-42(53)39(28-32-11-3-1-4-12-32)49-41(52)30-34-18-21-35-15-7-8-16-36(35)27-34/h1-8,11-16,18-23,27,38-40H,9-10,17,24-26,28-30H2,(H,49,52)(H,50,54)(H,51,53)(H,55,56)(H2,46,57,58)(H2,47,48,59)/t38-,39-,40-/m1/s1. The molecule has 0 unspecified atom stereocenters. The molecule has 3 atom stereocenters. The fraction of sp³-hybridized carbons (Fsp3) is 0.267. The Morgan fingerprint density at radius 3 is 1.73 bits per heavy atom. The van der Waals surface area contributed by atoms with Gasteiger partial charge < -0.3 is 31.7 Å². The van der Waals surface area contributed by atoms with Gasteiger partial charge in [0.1, 0.15) is 18.1 Å². The predicted molar refractivity (Wildman–Crippen MR) is 235 cm³/mol. The summed E-state index contributed by atoms with van der Waals surface area (Å²) in [4.78, 5) is 53.7. The number of nitrogens with two attached hydrogens (primary N) is 1. The summed E-state index contributed by atoms with van der Waals surface area (Å²) < 4.78 is 22.9. The molecule has 314 valence electrons. The minimum absolute atomic E-state index is 0.0393. The monoisotopic (exact) mass is 850 g/mol. The molecule has 0 saturated heterocycles. The van der Waals surface area contributed by atoms with Crippen LogP contribution in [0.2, 0.25) is 0 Å². The zero-order valence-corrected chi connectivity index (χ0v) is 34.6. The number of rotatable bonds is 21. The topological polar surface area (TPSA) is 209 Å². The Bertz CT molecular complexity index is 2350. The van der Waals surface area contributed by atoms with Gasteiger partial charge in [0.25, 0.3) is 0 Å². The number of sulfonamides is 1. The summed E-state index contributed by atoms with van der Waals surface area (Å²) in [7, 11) is -3.76. The van der Waals surface area contributed by atoms with Crippen LogP contribution in [0.3, 0.4) is 0 Å². The van der Waals surface area contributed by atoms with Crippen LogP contribution in [0.1, 0.15) is 41.5 Å². The van der Waals surface area contributed by atoms with Gasteiger partial charge in [-0.15, -0.1) is 0 Å². The lowest BCUT2D eigenvalue weighted by molar-refractivity contribution is -0.142. The van der Waals surface area contributed by atoms with Gasteiger partial charge in [-0.2, -0.15) is 0 Å². The van der Waals surface area contributed by atoms with Crippen molar-refractivity contribution in [2.75, 3.05) is 13.1 Å². The van der Waals surface area contributed by atoms with Crippen LogP contribution in [-0.4, -0.2) is 73.5 Å².